The average Bonchev–Trinajstić information content (AvgIpc) is 3.21. The molecule has 1 aliphatic heterocycles. The first-order valence-corrected chi connectivity index (χ1v) is 8.16. The number of fused-ring (bicyclic) bond motifs is 3. The van der Waals surface area contributed by atoms with Crippen LogP contribution in [-0.2, 0) is 6.42 Å². The quantitative estimate of drug-likeness (QED) is 0.703. The van der Waals surface area contributed by atoms with E-state index >= 15 is 0 Å². The Balaban J connectivity index is 1.46. The summed E-state index contributed by atoms with van der Waals surface area (Å²) >= 11 is 0. The molecule has 0 spiro atoms. The van der Waals surface area contributed by atoms with E-state index in [4.69, 9.17) is 0 Å². The second-order valence-corrected chi connectivity index (χ2v) is 6.54. The predicted octanol–water partition coefficient (Wildman–Crippen LogP) is 3.97. The molecule has 1 aliphatic carbocycles. The van der Waals surface area contributed by atoms with Gasteiger partial charge in [0.25, 0.3) is 0 Å². The highest BCUT2D eigenvalue weighted by Crippen LogP contribution is 2.35. The van der Waals surface area contributed by atoms with Crippen molar-refractivity contribution in [1.29, 1.82) is 0 Å². The first-order valence-electron chi connectivity index (χ1n) is 8.16. The van der Waals surface area contributed by atoms with Gasteiger partial charge in [-0.05, 0) is 35.3 Å². The van der Waals surface area contributed by atoms with Crippen LogP contribution < -0.4 is 5.43 Å². The summed E-state index contributed by atoms with van der Waals surface area (Å²) in [5, 5.41) is 3.48. The van der Waals surface area contributed by atoms with E-state index in [1.54, 1.807) is 0 Å². The van der Waals surface area contributed by atoms with E-state index in [0.717, 1.165) is 6.42 Å². The van der Waals surface area contributed by atoms with Crippen LogP contribution in [0.15, 0.2) is 54.6 Å². The van der Waals surface area contributed by atoms with Crippen molar-refractivity contribution in [2.24, 2.45) is 0 Å². The summed E-state index contributed by atoms with van der Waals surface area (Å²) in [5.74, 6) is 0.459. The summed E-state index contributed by atoms with van der Waals surface area (Å²) in [6.07, 6.45) is 6.03. The normalized spacial score (nSPS) is 25.5. The number of nitrogens with zero attached hydrogens (tertiary/aromatic N) is 1. The number of allylic oxidation sites excluding steroid dienone is 1. The van der Waals surface area contributed by atoms with E-state index in [-0.39, 0.29) is 0 Å². The summed E-state index contributed by atoms with van der Waals surface area (Å²) in [6.45, 7) is 0. The molecule has 1 saturated heterocycles. The van der Waals surface area contributed by atoms with Gasteiger partial charge in [0.2, 0.25) is 0 Å². The summed E-state index contributed by atoms with van der Waals surface area (Å²) in [5.41, 5.74) is 9.97. The third-order valence-electron chi connectivity index (χ3n) is 5.09. The first kappa shape index (κ1) is 13.1. The average molecular weight is 301 g/mol. The molecule has 0 radical (unpaired) electrons. The smallest absolute Gasteiger partial charge is 0.112 e. The second-order valence-electron chi connectivity index (χ2n) is 6.54. The van der Waals surface area contributed by atoms with Crippen molar-refractivity contribution in [2.45, 2.75) is 18.5 Å². The summed E-state index contributed by atoms with van der Waals surface area (Å²) < 4.78 is 0. The Morgan fingerprint density at radius 1 is 1.00 bits per heavy atom. The van der Waals surface area contributed by atoms with E-state index < -0.39 is 0 Å². The molecule has 2 heterocycles. The lowest BCUT2D eigenvalue weighted by Gasteiger charge is -2.18. The number of hydrogen-bond donors (Lipinski definition) is 2. The number of aromatic nitrogens is 1. The number of para-hydroxylation sites is 1. The van der Waals surface area contributed by atoms with E-state index in [9.17, 15) is 0 Å². The topological polar surface area (TPSA) is 40.7 Å². The summed E-state index contributed by atoms with van der Waals surface area (Å²) in [6, 6.07) is 17.6. The summed E-state index contributed by atoms with van der Waals surface area (Å²) in [7, 11) is 2.07. The molecule has 114 valence electrons. The minimum atomic E-state index is 0.395. The highest BCUT2D eigenvalue weighted by molar-refractivity contribution is 5.88. The van der Waals surface area contributed by atoms with Crippen molar-refractivity contribution < 1.29 is 0 Å². The molecule has 0 bridgehead atoms. The monoisotopic (exact) mass is 301 g/mol. The van der Waals surface area contributed by atoms with Gasteiger partial charge < -0.3 is 4.98 Å². The maximum atomic E-state index is 3.52. The van der Waals surface area contributed by atoms with Crippen LogP contribution in [0.1, 0.15) is 34.5 Å². The molecule has 2 aliphatic rings. The zero-order valence-electron chi connectivity index (χ0n) is 13.1. The Bertz CT molecular complexity index is 904. The maximum absolute atomic E-state index is 3.52. The lowest BCUT2D eigenvalue weighted by atomic mass is 9.86. The Kier molecular flexibility index (Phi) is 2.75. The molecule has 3 unspecified atom stereocenters. The molecule has 1 fully saturated rings. The molecule has 3 atom stereocenters. The van der Waals surface area contributed by atoms with E-state index in [1.807, 2.05) is 0 Å². The lowest BCUT2D eigenvalue weighted by molar-refractivity contribution is 0.597. The van der Waals surface area contributed by atoms with Gasteiger partial charge >= 0.3 is 0 Å². The zero-order valence-corrected chi connectivity index (χ0v) is 13.1. The molecule has 5 rings (SSSR count). The van der Waals surface area contributed by atoms with Crippen LogP contribution in [0.25, 0.3) is 17.0 Å². The molecular formula is C20H19N3. The molecule has 1 aromatic heterocycles. The van der Waals surface area contributed by atoms with Crippen molar-refractivity contribution in [3.8, 4) is 0 Å². The van der Waals surface area contributed by atoms with Crippen LogP contribution in [0.2, 0.25) is 0 Å². The molecule has 0 saturated carbocycles. The van der Waals surface area contributed by atoms with Gasteiger partial charge in [0.1, 0.15) is 6.17 Å². The zero-order chi connectivity index (χ0) is 15.4. The predicted molar refractivity (Wildman–Crippen MR) is 93.9 cm³/mol. The fourth-order valence-corrected chi connectivity index (χ4v) is 3.70. The van der Waals surface area contributed by atoms with Crippen LogP contribution >= 0.6 is 0 Å². The van der Waals surface area contributed by atoms with Crippen molar-refractivity contribution in [1.82, 2.24) is 15.4 Å². The van der Waals surface area contributed by atoms with Crippen LogP contribution in [0, 0.1) is 0 Å². The Labute approximate surface area is 135 Å². The van der Waals surface area contributed by atoms with Gasteiger partial charge in [-0.15, -0.1) is 0 Å². The minimum absolute atomic E-state index is 0.395. The number of nitrogens with one attached hydrogen (secondary N) is 2. The Morgan fingerprint density at radius 2 is 1.74 bits per heavy atom. The van der Waals surface area contributed by atoms with Crippen molar-refractivity contribution in [3.05, 3.63) is 77.0 Å². The number of benzene rings is 2. The minimum Gasteiger partial charge on any atom is -0.355 e. The van der Waals surface area contributed by atoms with Crippen molar-refractivity contribution in [2.75, 3.05) is 7.05 Å². The molecule has 0 amide bonds. The van der Waals surface area contributed by atoms with Gasteiger partial charge in [-0.25, -0.2) is 10.4 Å². The number of aromatic amines is 1. The Hall–Kier alpha value is -2.36. The van der Waals surface area contributed by atoms with E-state index in [0.29, 0.717) is 12.1 Å². The van der Waals surface area contributed by atoms with Crippen LogP contribution in [-0.4, -0.2) is 17.0 Å². The number of hydrazine groups is 1. The van der Waals surface area contributed by atoms with Crippen LogP contribution in [0.5, 0.6) is 0 Å². The van der Waals surface area contributed by atoms with Crippen molar-refractivity contribution >= 4 is 17.0 Å². The van der Waals surface area contributed by atoms with Gasteiger partial charge in [0.15, 0.2) is 0 Å². The molecule has 3 aromatic rings. The molecular weight excluding hydrogens is 282 g/mol. The molecule has 3 heteroatoms. The third-order valence-corrected chi connectivity index (χ3v) is 5.09. The highest BCUT2D eigenvalue weighted by atomic mass is 15.7. The fraction of sp³-hybridized carbons (Fsp3) is 0.200. The molecule has 2 aromatic carbocycles. The first-order chi connectivity index (χ1) is 11.3. The summed E-state index contributed by atoms with van der Waals surface area (Å²) in [4.78, 5) is 3.52. The van der Waals surface area contributed by atoms with Crippen LogP contribution in [0.3, 0.4) is 0 Å². The number of H-pyrrole nitrogens is 1. The van der Waals surface area contributed by atoms with Crippen molar-refractivity contribution in [3.63, 3.8) is 0 Å². The van der Waals surface area contributed by atoms with Gasteiger partial charge in [-0.2, -0.15) is 0 Å². The van der Waals surface area contributed by atoms with E-state index in [2.05, 4.69) is 83.1 Å². The number of rotatable bonds is 2. The number of hydrogen-bond acceptors (Lipinski definition) is 2. The van der Waals surface area contributed by atoms with Gasteiger partial charge in [-0.1, -0.05) is 48.5 Å². The molecule has 3 nitrogen and oxygen atoms in total. The Morgan fingerprint density at radius 3 is 2.52 bits per heavy atom. The van der Waals surface area contributed by atoms with Gasteiger partial charge in [0.05, 0.1) is 0 Å². The largest absolute Gasteiger partial charge is 0.355 e. The van der Waals surface area contributed by atoms with Gasteiger partial charge in [0, 0.05) is 29.6 Å². The fourth-order valence-electron chi connectivity index (χ4n) is 3.70. The van der Waals surface area contributed by atoms with E-state index in [1.165, 1.54) is 33.3 Å². The second kappa shape index (κ2) is 4.82. The molecule has 2 N–H and O–H groups in total. The lowest BCUT2D eigenvalue weighted by Crippen LogP contribution is -2.05. The SMILES string of the molecule is CN1NC1c1ccc(C2C=Cc3[nH]c4ccccc4c3C2)cc1. The third kappa shape index (κ3) is 2.12. The standard InChI is InChI=1S/C20H19N3/c1-23-20(22-23)14-8-6-13(7-9-14)15-10-11-19-17(12-15)16-4-2-3-5-18(16)21-19/h2-11,15,20-22H,12H2,1H3. The maximum Gasteiger partial charge on any atom is 0.112 e. The van der Waals surface area contributed by atoms with Gasteiger partial charge in [-0.3, -0.25) is 0 Å². The van der Waals surface area contributed by atoms with Crippen LogP contribution in [0.4, 0.5) is 0 Å². The molecule has 23 heavy (non-hydrogen) atoms. The highest BCUT2D eigenvalue weighted by Gasteiger charge is 2.30.